The molecule has 4 atom stereocenters. The lowest BCUT2D eigenvalue weighted by Gasteiger charge is -2.50. The normalized spacial score (nSPS) is 27.5. The predicted octanol–water partition coefficient (Wildman–Crippen LogP) is 0.0682. The summed E-state index contributed by atoms with van der Waals surface area (Å²) in [6.45, 7) is 3.68. The molecule has 226 valence electrons. The highest BCUT2D eigenvalue weighted by Crippen LogP contribution is 2.53. The molecule has 1 aromatic rings. The summed E-state index contributed by atoms with van der Waals surface area (Å²) in [5, 5.41) is 48.3. The number of aliphatic hydroxyl groups is 3. The first-order valence-corrected chi connectivity index (χ1v) is 14.0. The smallest absolute Gasteiger partial charge is 0.317 e. The Morgan fingerprint density at radius 2 is 1.83 bits per heavy atom. The van der Waals surface area contributed by atoms with Gasteiger partial charge in [0.25, 0.3) is 5.91 Å². The van der Waals surface area contributed by atoms with E-state index in [9.17, 15) is 39.6 Å². The van der Waals surface area contributed by atoms with E-state index < -0.39 is 58.0 Å². The number of aliphatic hydroxyl groups excluding tert-OH is 2. The molecule has 2 fully saturated rings. The molecule has 13 nitrogen and oxygen atoms in total. The molecule has 0 unspecified atom stereocenters. The number of aryl methyl sites for hydroxylation is 1. The number of hydrogen-bond donors (Lipinski definition) is 6. The predicted molar refractivity (Wildman–Crippen MR) is 148 cm³/mol. The number of rotatable bonds is 5. The molecule has 0 aromatic heterocycles. The van der Waals surface area contributed by atoms with Gasteiger partial charge in [0.1, 0.15) is 22.8 Å². The molecule has 3 aliphatic carbocycles. The van der Waals surface area contributed by atoms with E-state index in [4.69, 9.17) is 10.5 Å². The number of phenols is 1. The van der Waals surface area contributed by atoms with Crippen LogP contribution in [0.5, 0.6) is 5.75 Å². The minimum Gasteiger partial charge on any atom is -0.508 e. The molecule has 13 heteroatoms. The van der Waals surface area contributed by atoms with Crippen molar-refractivity contribution in [1.82, 2.24) is 15.1 Å². The van der Waals surface area contributed by atoms with Gasteiger partial charge in [-0.2, -0.15) is 0 Å². The number of nitrogens with two attached hydrogens (primary N) is 1. The third-order valence-electron chi connectivity index (χ3n) is 9.00. The van der Waals surface area contributed by atoms with Gasteiger partial charge in [-0.3, -0.25) is 19.3 Å². The summed E-state index contributed by atoms with van der Waals surface area (Å²) in [6, 6.07) is 0.313. The first-order chi connectivity index (χ1) is 19.8. The van der Waals surface area contributed by atoms with Gasteiger partial charge < -0.3 is 41.1 Å². The molecule has 1 heterocycles. The highest BCUT2D eigenvalue weighted by atomic mass is 16.5. The molecule has 1 aliphatic heterocycles. The molecule has 1 aromatic carbocycles. The van der Waals surface area contributed by atoms with Gasteiger partial charge >= 0.3 is 6.03 Å². The molecule has 5 rings (SSSR count). The Hall–Kier alpha value is -3.94. The summed E-state index contributed by atoms with van der Waals surface area (Å²) < 4.78 is 5.31. The summed E-state index contributed by atoms with van der Waals surface area (Å²) in [4.78, 5) is 55.3. The van der Waals surface area contributed by atoms with Crippen LogP contribution in [0.25, 0.3) is 5.76 Å². The standard InChI is InChI=1S/C29H36N4O9/c1-4-13-9-15(12-31-28(40)33-5-7-42-8-6-33)16-10-14-11-17-21(32(2)3)24(36)20(27(30)39)26(38)29(17,41)25(37)18(14)23(35)19(16)22(13)34/h9,14,17,21,34-35,38,41H,4-8,10-12H2,1-3H3,(H2,30,39)(H,31,40)/t14-,17-,21-,29-/m1/s1. The summed E-state index contributed by atoms with van der Waals surface area (Å²) in [7, 11) is 3.10. The van der Waals surface area contributed by atoms with Crippen LogP contribution in [0.2, 0.25) is 0 Å². The van der Waals surface area contributed by atoms with Crippen LogP contribution in [0.3, 0.4) is 0 Å². The summed E-state index contributed by atoms with van der Waals surface area (Å²) in [6.07, 6.45) is 0.518. The van der Waals surface area contributed by atoms with Gasteiger partial charge in [-0.05, 0) is 56.0 Å². The van der Waals surface area contributed by atoms with Gasteiger partial charge in [0, 0.05) is 31.1 Å². The monoisotopic (exact) mass is 584 g/mol. The van der Waals surface area contributed by atoms with Crippen molar-refractivity contribution in [2.45, 2.75) is 44.4 Å². The number of amides is 3. The molecule has 42 heavy (non-hydrogen) atoms. The van der Waals surface area contributed by atoms with E-state index in [1.165, 1.54) is 4.90 Å². The van der Waals surface area contributed by atoms with Crippen molar-refractivity contribution in [1.29, 1.82) is 0 Å². The Labute approximate surface area is 242 Å². The lowest BCUT2D eigenvalue weighted by Crippen LogP contribution is -2.65. The van der Waals surface area contributed by atoms with Gasteiger partial charge in [0.05, 0.1) is 24.8 Å². The zero-order chi connectivity index (χ0) is 30.7. The first kappa shape index (κ1) is 29.5. The van der Waals surface area contributed by atoms with Crippen LogP contribution in [0.1, 0.15) is 35.6 Å². The third kappa shape index (κ3) is 4.34. The highest BCUT2D eigenvalue weighted by Gasteiger charge is 2.64. The summed E-state index contributed by atoms with van der Waals surface area (Å²) in [5.74, 6) is -6.94. The number of nitrogens with one attached hydrogen (secondary N) is 1. The van der Waals surface area contributed by atoms with E-state index in [0.717, 1.165) is 0 Å². The van der Waals surface area contributed by atoms with E-state index in [2.05, 4.69) is 5.32 Å². The second-order valence-corrected chi connectivity index (χ2v) is 11.5. The maximum absolute atomic E-state index is 14.0. The van der Waals surface area contributed by atoms with E-state index in [1.807, 2.05) is 0 Å². The molecule has 0 spiro atoms. The van der Waals surface area contributed by atoms with Crippen molar-refractivity contribution in [3.63, 3.8) is 0 Å². The number of urea groups is 1. The topological polar surface area (TPSA) is 203 Å². The molecule has 4 aliphatic rings. The number of carbonyl (C=O) groups is 4. The third-order valence-corrected chi connectivity index (χ3v) is 9.00. The number of fused-ring (bicyclic) bond motifs is 3. The molecular formula is C29H36N4O9. The van der Waals surface area contributed by atoms with Crippen LogP contribution in [-0.2, 0) is 38.5 Å². The zero-order valence-electron chi connectivity index (χ0n) is 23.8. The van der Waals surface area contributed by atoms with Crippen LogP contribution in [0.15, 0.2) is 23.0 Å². The average Bonchev–Trinajstić information content (AvgIpc) is 2.94. The number of carbonyl (C=O) groups excluding carboxylic acids is 4. The van der Waals surface area contributed by atoms with Crippen molar-refractivity contribution in [3.8, 4) is 5.75 Å². The average molecular weight is 585 g/mol. The molecule has 1 saturated carbocycles. The second-order valence-electron chi connectivity index (χ2n) is 11.5. The number of Topliss-reactive ketones (excluding diaryl/α,β-unsaturated/α-hetero) is 2. The number of phenolic OH excluding ortho intramolecular Hbond substituents is 1. The molecular weight excluding hydrogens is 548 g/mol. The lowest BCUT2D eigenvalue weighted by molar-refractivity contribution is -0.153. The van der Waals surface area contributed by atoms with Crippen molar-refractivity contribution >= 4 is 29.3 Å². The fraction of sp³-hybridized carbons (Fsp3) is 0.517. The van der Waals surface area contributed by atoms with E-state index in [1.54, 1.807) is 32.0 Å². The zero-order valence-corrected chi connectivity index (χ0v) is 23.8. The van der Waals surface area contributed by atoms with Gasteiger partial charge in [-0.25, -0.2) is 4.79 Å². The Balaban J connectivity index is 1.61. The number of aromatic hydroxyl groups is 1. The fourth-order valence-corrected chi connectivity index (χ4v) is 6.93. The second kappa shape index (κ2) is 10.7. The van der Waals surface area contributed by atoms with Crippen LogP contribution < -0.4 is 11.1 Å². The summed E-state index contributed by atoms with van der Waals surface area (Å²) >= 11 is 0. The van der Waals surface area contributed by atoms with Crippen molar-refractivity contribution in [2.75, 3.05) is 40.4 Å². The van der Waals surface area contributed by atoms with Crippen LogP contribution >= 0.6 is 0 Å². The number of ether oxygens (including phenoxy) is 1. The Morgan fingerprint density at radius 3 is 2.43 bits per heavy atom. The minimum atomic E-state index is -2.70. The van der Waals surface area contributed by atoms with Crippen molar-refractivity contribution in [2.24, 2.45) is 17.6 Å². The molecule has 0 radical (unpaired) electrons. The Bertz CT molecular complexity index is 1440. The van der Waals surface area contributed by atoms with E-state index in [-0.39, 0.29) is 42.3 Å². The molecule has 3 amide bonds. The van der Waals surface area contributed by atoms with E-state index >= 15 is 0 Å². The SMILES string of the molecule is CCc1cc(CNC(=O)N2CCOCC2)c2c(c1O)C(O)=C1C(=O)[C@@]3(O)C(O)=C(C(N)=O)C(=O)[C@H](N(C)C)[C@H]3C[C@H]1C2. The van der Waals surface area contributed by atoms with Crippen LogP contribution in [-0.4, -0.2) is 106 Å². The van der Waals surface area contributed by atoms with Gasteiger partial charge in [0.15, 0.2) is 11.4 Å². The minimum absolute atomic E-state index is 0.0123. The number of hydrogen-bond acceptors (Lipinski definition) is 10. The van der Waals surface area contributed by atoms with Gasteiger partial charge in [-0.15, -0.1) is 0 Å². The first-order valence-electron chi connectivity index (χ1n) is 14.0. The number of primary amides is 1. The number of nitrogens with zero attached hydrogens (tertiary/aromatic N) is 2. The molecule has 0 bridgehead atoms. The maximum atomic E-state index is 14.0. The highest BCUT2D eigenvalue weighted by molar-refractivity contribution is 6.24. The maximum Gasteiger partial charge on any atom is 0.317 e. The van der Waals surface area contributed by atoms with E-state index in [0.29, 0.717) is 49.4 Å². The molecule has 1 saturated heterocycles. The largest absolute Gasteiger partial charge is 0.508 e. The fourth-order valence-electron chi connectivity index (χ4n) is 6.93. The number of benzene rings is 1. The number of morpholine rings is 1. The van der Waals surface area contributed by atoms with Gasteiger partial charge in [0.2, 0.25) is 5.78 Å². The van der Waals surface area contributed by atoms with Crippen molar-refractivity contribution < 1.29 is 44.3 Å². The van der Waals surface area contributed by atoms with Crippen molar-refractivity contribution in [3.05, 3.63) is 45.2 Å². The van der Waals surface area contributed by atoms with Crippen LogP contribution in [0.4, 0.5) is 4.79 Å². The lowest BCUT2D eigenvalue weighted by atomic mass is 9.57. The summed E-state index contributed by atoms with van der Waals surface area (Å²) in [5.41, 5.74) is 3.26. The number of ketones is 2. The number of likely N-dealkylation sites (N-methyl/N-ethyl adjacent to an activating group) is 1. The molecule has 7 N–H and O–H groups in total. The van der Waals surface area contributed by atoms with Gasteiger partial charge in [-0.1, -0.05) is 13.0 Å². The van der Waals surface area contributed by atoms with Crippen LogP contribution in [0, 0.1) is 11.8 Å². The Morgan fingerprint density at radius 1 is 1.17 bits per heavy atom. The quantitative estimate of drug-likeness (QED) is 0.257. The Kier molecular flexibility index (Phi) is 7.54.